The first-order valence-electron chi connectivity index (χ1n) is 9.27. The first kappa shape index (κ1) is 21.2. The number of methoxy groups -OCH3 is 2. The summed E-state index contributed by atoms with van der Waals surface area (Å²) >= 11 is 6.00. The fourth-order valence-electron chi connectivity index (χ4n) is 3.17. The Balaban J connectivity index is 1.79. The number of morpholine rings is 1. The van der Waals surface area contributed by atoms with E-state index < -0.39 is 0 Å². The van der Waals surface area contributed by atoms with Crippen molar-refractivity contribution < 1.29 is 24.1 Å². The third-order valence-electron chi connectivity index (χ3n) is 4.76. The molecule has 0 atom stereocenters. The van der Waals surface area contributed by atoms with Crippen LogP contribution in [0.1, 0.15) is 21.5 Å². The number of carbonyl (C=O) groups excluding carboxylic acids is 1. The third-order valence-corrected chi connectivity index (χ3v) is 5.05. The van der Waals surface area contributed by atoms with Crippen LogP contribution in [0.2, 0.25) is 5.02 Å². The second kappa shape index (κ2) is 9.78. The smallest absolute Gasteiger partial charge is 0.185 e. The van der Waals surface area contributed by atoms with Crippen LogP contribution in [0.15, 0.2) is 36.4 Å². The highest BCUT2D eigenvalue weighted by molar-refractivity contribution is 6.32. The average molecular weight is 418 g/mol. The van der Waals surface area contributed by atoms with Crippen LogP contribution in [-0.2, 0) is 11.3 Å². The van der Waals surface area contributed by atoms with Crippen molar-refractivity contribution >= 4 is 23.5 Å². The number of halogens is 1. The molecule has 1 saturated heterocycles. The van der Waals surface area contributed by atoms with Crippen molar-refractivity contribution in [1.82, 2.24) is 4.90 Å². The second-order valence-corrected chi connectivity index (χ2v) is 7.07. The Kier molecular flexibility index (Phi) is 7.14. The number of hydrogen-bond acceptors (Lipinski definition) is 6. The fourth-order valence-corrected chi connectivity index (χ4v) is 3.39. The zero-order valence-electron chi connectivity index (χ0n) is 16.5. The van der Waals surface area contributed by atoms with Crippen LogP contribution in [0.5, 0.6) is 17.2 Å². The van der Waals surface area contributed by atoms with Gasteiger partial charge in [-0.05, 0) is 42.0 Å². The van der Waals surface area contributed by atoms with Crippen molar-refractivity contribution in [1.29, 1.82) is 0 Å². The molecule has 1 aliphatic heterocycles. The van der Waals surface area contributed by atoms with Gasteiger partial charge in [0.05, 0.1) is 32.5 Å². The lowest BCUT2D eigenvalue weighted by atomic mass is 10.0. The van der Waals surface area contributed by atoms with Gasteiger partial charge in [-0.25, -0.2) is 0 Å². The molecule has 0 aliphatic carbocycles. The van der Waals surface area contributed by atoms with Gasteiger partial charge in [0.2, 0.25) is 0 Å². The summed E-state index contributed by atoms with van der Waals surface area (Å²) in [5.74, 6) is 0.744. The standard InChI is InChI=1S/C22H24ClNO5/c1-27-20-6-4-16(13-17(20)14-24-7-9-29-10-8-24)19(25)5-3-15-11-18(23)22(26)21(12-15)28-2/h3-6,11-13,26H,7-10,14H2,1-2H3/b5-3+. The predicted octanol–water partition coefficient (Wildman–Crippen LogP) is 3.79. The van der Waals surface area contributed by atoms with Crippen LogP contribution in [0, 0.1) is 0 Å². The minimum atomic E-state index is -0.140. The first-order valence-corrected chi connectivity index (χ1v) is 9.65. The van der Waals surface area contributed by atoms with Crippen molar-refractivity contribution in [3.63, 3.8) is 0 Å². The summed E-state index contributed by atoms with van der Waals surface area (Å²) < 4.78 is 15.9. The van der Waals surface area contributed by atoms with E-state index in [1.54, 1.807) is 31.4 Å². The number of phenols is 1. The first-order chi connectivity index (χ1) is 14.0. The Bertz CT molecular complexity index is 906. The van der Waals surface area contributed by atoms with E-state index in [0.717, 1.165) is 24.4 Å². The quantitative estimate of drug-likeness (QED) is 0.546. The molecule has 0 radical (unpaired) electrons. The maximum absolute atomic E-state index is 12.7. The van der Waals surface area contributed by atoms with Crippen molar-refractivity contribution in [3.8, 4) is 17.2 Å². The molecule has 0 unspecified atom stereocenters. The molecule has 0 saturated carbocycles. The van der Waals surface area contributed by atoms with E-state index in [0.29, 0.717) is 30.9 Å². The van der Waals surface area contributed by atoms with Crippen molar-refractivity contribution in [2.24, 2.45) is 0 Å². The normalized spacial score (nSPS) is 14.9. The number of nitrogens with zero attached hydrogens (tertiary/aromatic N) is 1. The Morgan fingerprint density at radius 3 is 2.59 bits per heavy atom. The highest BCUT2D eigenvalue weighted by Crippen LogP contribution is 2.35. The molecule has 154 valence electrons. The highest BCUT2D eigenvalue weighted by Gasteiger charge is 2.15. The summed E-state index contributed by atoms with van der Waals surface area (Å²) in [6.45, 7) is 3.82. The van der Waals surface area contributed by atoms with E-state index in [1.165, 1.54) is 13.2 Å². The van der Waals surface area contributed by atoms with Gasteiger partial charge in [0, 0.05) is 30.8 Å². The molecule has 0 bridgehead atoms. The zero-order valence-corrected chi connectivity index (χ0v) is 17.2. The number of aromatic hydroxyl groups is 1. The lowest BCUT2D eigenvalue weighted by Crippen LogP contribution is -2.35. The number of carbonyl (C=O) groups is 1. The summed E-state index contributed by atoms with van der Waals surface area (Å²) in [7, 11) is 3.07. The topological polar surface area (TPSA) is 68.2 Å². The van der Waals surface area contributed by atoms with Gasteiger partial charge in [0.25, 0.3) is 0 Å². The number of hydrogen-bond donors (Lipinski definition) is 1. The lowest BCUT2D eigenvalue weighted by molar-refractivity contribution is 0.0338. The van der Waals surface area contributed by atoms with E-state index in [4.69, 9.17) is 25.8 Å². The molecule has 0 amide bonds. The molecule has 29 heavy (non-hydrogen) atoms. The molecule has 6 nitrogen and oxygen atoms in total. The predicted molar refractivity (Wildman–Crippen MR) is 112 cm³/mol. The third kappa shape index (κ3) is 5.29. The molecule has 0 aromatic heterocycles. The van der Waals surface area contributed by atoms with Gasteiger partial charge in [-0.2, -0.15) is 0 Å². The van der Waals surface area contributed by atoms with Crippen molar-refractivity contribution in [2.45, 2.75) is 6.54 Å². The van der Waals surface area contributed by atoms with Gasteiger partial charge in [0.15, 0.2) is 17.3 Å². The van der Waals surface area contributed by atoms with Crippen LogP contribution in [0.25, 0.3) is 6.08 Å². The van der Waals surface area contributed by atoms with E-state index >= 15 is 0 Å². The number of rotatable bonds is 7. The van der Waals surface area contributed by atoms with Crippen LogP contribution in [0.4, 0.5) is 0 Å². The van der Waals surface area contributed by atoms with Gasteiger partial charge < -0.3 is 19.3 Å². The summed E-state index contributed by atoms with van der Waals surface area (Å²) in [4.78, 5) is 15.0. The van der Waals surface area contributed by atoms with Gasteiger partial charge >= 0.3 is 0 Å². The number of ketones is 1. The van der Waals surface area contributed by atoms with Crippen LogP contribution in [0.3, 0.4) is 0 Å². The van der Waals surface area contributed by atoms with E-state index in [9.17, 15) is 9.90 Å². The Morgan fingerprint density at radius 2 is 1.90 bits per heavy atom. The summed E-state index contributed by atoms with van der Waals surface area (Å²) in [6.07, 6.45) is 3.12. The molecule has 1 N–H and O–H groups in total. The van der Waals surface area contributed by atoms with Crippen molar-refractivity contribution in [2.75, 3.05) is 40.5 Å². The SMILES string of the molecule is COc1ccc(C(=O)/C=C/c2cc(Cl)c(O)c(OC)c2)cc1CN1CCOCC1. The number of phenolic OH excluding ortho intramolecular Hbond substituents is 1. The Morgan fingerprint density at radius 1 is 1.17 bits per heavy atom. The Labute approximate surface area is 175 Å². The molecular formula is C22H24ClNO5. The summed E-state index contributed by atoms with van der Waals surface area (Å²) in [5.41, 5.74) is 2.19. The lowest BCUT2D eigenvalue weighted by Gasteiger charge is -2.27. The van der Waals surface area contributed by atoms with Gasteiger partial charge in [-0.1, -0.05) is 17.7 Å². The molecular weight excluding hydrogens is 394 g/mol. The summed E-state index contributed by atoms with van der Waals surface area (Å²) in [6, 6.07) is 8.62. The van der Waals surface area contributed by atoms with Crippen LogP contribution < -0.4 is 9.47 Å². The monoisotopic (exact) mass is 417 g/mol. The summed E-state index contributed by atoms with van der Waals surface area (Å²) in [5, 5.41) is 9.98. The number of ether oxygens (including phenoxy) is 3. The average Bonchev–Trinajstić information content (AvgIpc) is 2.74. The highest BCUT2D eigenvalue weighted by atomic mass is 35.5. The number of benzene rings is 2. The molecule has 0 spiro atoms. The molecule has 2 aromatic carbocycles. The van der Waals surface area contributed by atoms with Gasteiger partial charge in [-0.3, -0.25) is 9.69 Å². The fraction of sp³-hybridized carbons (Fsp3) is 0.318. The van der Waals surface area contributed by atoms with E-state index in [2.05, 4.69) is 4.90 Å². The van der Waals surface area contributed by atoms with Gasteiger partial charge in [0.1, 0.15) is 5.75 Å². The minimum Gasteiger partial charge on any atom is -0.503 e. The number of allylic oxidation sites excluding steroid dienone is 1. The maximum Gasteiger partial charge on any atom is 0.185 e. The second-order valence-electron chi connectivity index (χ2n) is 6.67. The molecule has 7 heteroatoms. The van der Waals surface area contributed by atoms with E-state index in [-0.39, 0.29) is 22.3 Å². The molecule has 3 rings (SSSR count). The molecule has 1 aliphatic rings. The molecule has 1 heterocycles. The molecule has 1 fully saturated rings. The van der Waals surface area contributed by atoms with Gasteiger partial charge in [-0.15, -0.1) is 0 Å². The minimum absolute atomic E-state index is 0.124. The maximum atomic E-state index is 12.7. The van der Waals surface area contributed by atoms with E-state index in [1.807, 2.05) is 12.1 Å². The molecule has 2 aromatic rings. The zero-order chi connectivity index (χ0) is 20.8. The van der Waals surface area contributed by atoms with Crippen molar-refractivity contribution in [3.05, 3.63) is 58.1 Å². The Hall–Kier alpha value is -2.54. The largest absolute Gasteiger partial charge is 0.503 e. The van der Waals surface area contributed by atoms with Crippen LogP contribution in [-0.4, -0.2) is 56.3 Å². The van der Waals surface area contributed by atoms with Crippen LogP contribution >= 0.6 is 11.6 Å².